The van der Waals surface area contributed by atoms with E-state index in [0.29, 0.717) is 25.3 Å². The van der Waals surface area contributed by atoms with Gasteiger partial charge in [-0.25, -0.2) is 0 Å². The minimum Gasteiger partial charge on any atom is -0.383 e. The van der Waals surface area contributed by atoms with Crippen molar-refractivity contribution in [3.63, 3.8) is 0 Å². The number of methoxy groups -OCH3 is 1. The van der Waals surface area contributed by atoms with E-state index in [-0.39, 0.29) is 17.6 Å². The Kier molecular flexibility index (Phi) is 10.6. The van der Waals surface area contributed by atoms with Gasteiger partial charge in [-0.2, -0.15) is 0 Å². The molecule has 0 heterocycles. The van der Waals surface area contributed by atoms with E-state index >= 15 is 0 Å². The molecule has 0 aliphatic heterocycles. The van der Waals surface area contributed by atoms with Crippen LogP contribution in [0.4, 0.5) is 0 Å². The van der Waals surface area contributed by atoms with Gasteiger partial charge in [0.25, 0.3) is 5.91 Å². The monoisotopic (exact) mass is 418 g/mol. The van der Waals surface area contributed by atoms with Crippen molar-refractivity contribution in [2.75, 3.05) is 38.3 Å². The Bertz CT molecular complexity index is 741. The first-order valence-corrected chi connectivity index (χ1v) is 11.1. The lowest BCUT2D eigenvalue weighted by molar-refractivity contribution is -0.118. The molecule has 2 N–H and O–H groups in total. The Balaban J connectivity index is 1.74. The van der Waals surface area contributed by atoms with Gasteiger partial charge in [0.15, 0.2) is 0 Å². The molecule has 150 valence electrons. The lowest BCUT2D eigenvalue weighted by atomic mass is 10.2. The third-order valence-corrected chi connectivity index (χ3v) is 5.91. The first-order chi connectivity index (χ1) is 13.7. The largest absolute Gasteiger partial charge is 0.383 e. The fourth-order valence-corrected chi connectivity index (χ4v) is 4.10. The van der Waals surface area contributed by atoms with Gasteiger partial charge in [-0.05, 0) is 36.4 Å². The van der Waals surface area contributed by atoms with Crippen molar-refractivity contribution < 1.29 is 14.3 Å². The molecule has 2 aromatic rings. The van der Waals surface area contributed by atoms with Gasteiger partial charge in [-0.15, -0.1) is 23.5 Å². The number of hydrogen-bond acceptors (Lipinski definition) is 5. The summed E-state index contributed by atoms with van der Waals surface area (Å²) in [7, 11) is 1.59. The Morgan fingerprint density at radius 3 is 2.46 bits per heavy atom. The quantitative estimate of drug-likeness (QED) is 0.408. The maximum absolute atomic E-state index is 12.5. The normalized spacial score (nSPS) is 10.5. The van der Waals surface area contributed by atoms with Gasteiger partial charge in [0.1, 0.15) is 0 Å². The second-order valence-electron chi connectivity index (χ2n) is 5.90. The fourth-order valence-electron chi connectivity index (χ4n) is 2.34. The zero-order valence-electron chi connectivity index (χ0n) is 16.0. The van der Waals surface area contributed by atoms with Crippen LogP contribution in [0.2, 0.25) is 0 Å². The van der Waals surface area contributed by atoms with Crippen molar-refractivity contribution in [2.45, 2.75) is 16.2 Å². The summed E-state index contributed by atoms with van der Waals surface area (Å²) < 4.78 is 4.91. The molecule has 0 saturated heterocycles. The average Bonchev–Trinajstić information content (AvgIpc) is 2.73. The van der Waals surface area contributed by atoms with Crippen molar-refractivity contribution in [3.8, 4) is 0 Å². The van der Waals surface area contributed by atoms with Crippen LogP contribution in [0.5, 0.6) is 0 Å². The third kappa shape index (κ3) is 8.37. The van der Waals surface area contributed by atoms with Crippen LogP contribution in [0.25, 0.3) is 0 Å². The van der Waals surface area contributed by atoms with Crippen molar-refractivity contribution in [3.05, 3.63) is 60.2 Å². The topological polar surface area (TPSA) is 67.4 Å². The molecule has 0 radical (unpaired) electrons. The molecule has 0 aliphatic carbocycles. The van der Waals surface area contributed by atoms with Crippen LogP contribution in [0.15, 0.2) is 64.4 Å². The number of hydrogen-bond donors (Lipinski definition) is 2. The van der Waals surface area contributed by atoms with Gasteiger partial charge in [0, 0.05) is 30.0 Å². The number of amides is 2. The number of benzene rings is 2. The molecule has 0 spiro atoms. The van der Waals surface area contributed by atoms with Crippen LogP contribution >= 0.6 is 23.5 Å². The van der Waals surface area contributed by atoms with Gasteiger partial charge in [0.2, 0.25) is 5.91 Å². The van der Waals surface area contributed by atoms with E-state index in [2.05, 4.69) is 22.8 Å². The number of carbonyl (C=O) groups is 2. The summed E-state index contributed by atoms with van der Waals surface area (Å²) in [5, 5.41) is 5.75. The molecule has 0 atom stereocenters. The average molecular weight is 419 g/mol. The van der Waals surface area contributed by atoms with Gasteiger partial charge >= 0.3 is 0 Å². The van der Waals surface area contributed by atoms with E-state index in [9.17, 15) is 9.59 Å². The molecule has 2 amide bonds. The summed E-state index contributed by atoms with van der Waals surface area (Å²) in [6, 6.07) is 17.6. The second kappa shape index (κ2) is 13.3. The first-order valence-electron chi connectivity index (χ1n) is 9.14. The van der Waals surface area contributed by atoms with E-state index in [1.807, 2.05) is 36.4 Å². The van der Waals surface area contributed by atoms with Gasteiger partial charge in [0.05, 0.1) is 17.9 Å². The zero-order valence-corrected chi connectivity index (χ0v) is 17.6. The summed E-state index contributed by atoms with van der Waals surface area (Å²) >= 11 is 3.15. The van der Waals surface area contributed by atoms with Crippen LogP contribution < -0.4 is 10.6 Å². The Labute approximate surface area is 175 Å². The van der Waals surface area contributed by atoms with Gasteiger partial charge < -0.3 is 15.4 Å². The smallest absolute Gasteiger partial charge is 0.252 e. The number of thioether (sulfide) groups is 2. The Morgan fingerprint density at radius 2 is 1.68 bits per heavy atom. The van der Waals surface area contributed by atoms with Crippen LogP contribution in [-0.2, 0) is 9.53 Å². The summed E-state index contributed by atoms with van der Waals surface area (Å²) in [5.41, 5.74) is 0.605. The highest BCUT2D eigenvalue weighted by atomic mass is 32.2. The molecule has 2 rings (SSSR count). The van der Waals surface area contributed by atoms with Crippen LogP contribution in [-0.4, -0.2) is 50.1 Å². The number of nitrogens with one attached hydrogen (secondary N) is 2. The molecule has 0 unspecified atom stereocenters. The highest BCUT2D eigenvalue weighted by Gasteiger charge is 2.12. The van der Waals surface area contributed by atoms with Crippen LogP contribution in [0.1, 0.15) is 16.8 Å². The molecule has 0 aliphatic rings. The summed E-state index contributed by atoms with van der Waals surface area (Å²) in [6.45, 7) is 1.59. The minimum absolute atomic E-state index is 0.0739. The highest BCUT2D eigenvalue weighted by molar-refractivity contribution is 8.00. The van der Waals surface area contributed by atoms with E-state index in [0.717, 1.165) is 17.1 Å². The Hall–Kier alpha value is -1.96. The maximum Gasteiger partial charge on any atom is 0.252 e. The summed E-state index contributed by atoms with van der Waals surface area (Å²) in [4.78, 5) is 26.4. The van der Waals surface area contributed by atoms with Crippen molar-refractivity contribution >= 4 is 35.3 Å². The number of carbonyl (C=O) groups excluding carboxylic acids is 2. The molecule has 5 nitrogen and oxygen atoms in total. The molecule has 28 heavy (non-hydrogen) atoms. The minimum atomic E-state index is -0.104. The fraction of sp³-hybridized carbons (Fsp3) is 0.333. The summed E-state index contributed by atoms with van der Waals surface area (Å²) in [5.74, 6) is 1.03. The van der Waals surface area contributed by atoms with Gasteiger partial charge in [-0.3, -0.25) is 9.59 Å². The van der Waals surface area contributed by atoms with E-state index < -0.39 is 0 Å². The van der Waals surface area contributed by atoms with E-state index in [1.54, 1.807) is 24.9 Å². The van der Waals surface area contributed by atoms with Crippen LogP contribution in [0, 0.1) is 0 Å². The highest BCUT2D eigenvalue weighted by Crippen LogP contribution is 2.22. The maximum atomic E-state index is 12.5. The predicted octanol–water partition coefficient (Wildman–Crippen LogP) is 3.45. The molecular formula is C21H26N2O3S2. The lowest BCUT2D eigenvalue weighted by Gasteiger charge is -2.10. The van der Waals surface area contributed by atoms with Crippen LogP contribution in [0.3, 0.4) is 0 Å². The molecule has 7 heteroatoms. The Morgan fingerprint density at radius 1 is 0.929 bits per heavy atom. The molecule has 2 aromatic carbocycles. The van der Waals surface area contributed by atoms with Crippen molar-refractivity contribution in [1.29, 1.82) is 0 Å². The van der Waals surface area contributed by atoms with Crippen molar-refractivity contribution in [1.82, 2.24) is 10.6 Å². The molecular weight excluding hydrogens is 392 g/mol. The predicted molar refractivity (Wildman–Crippen MR) is 116 cm³/mol. The zero-order chi connectivity index (χ0) is 20.0. The number of rotatable bonds is 12. The van der Waals surface area contributed by atoms with E-state index in [1.165, 1.54) is 16.7 Å². The SMILES string of the molecule is COCCNC(=O)CSc1ccccc1C(=O)NCCCSc1ccccc1. The van der Waals surface area contributed by atoms with Gasteiger partial charge in [-0.1, -0.05) is 30.3 Å². The first kappa shape index (κ1) is 22.3. The molecule has 0 aromatic heterocycles. The van der Waals surface area contributed by atoms with E-state index in [4.69, 9.17) is 4.74 Å². The lowest BCUT2D eigenvalue weighted by Crippen LogP contribution is -2.28. The second-order valence-corrected chi connectivity index (χ2v) is 8.08. The standard InChI is InChI=1S/C21H26N2O3S2/c1-26-14-13-22-20(24)16-28-19-11-6-5-10-18(19)21(25)23-12-7-15-27-17-8-3-2-4-9-17/h2-6,8-11H,7,12-16H2,1H3,(H,22,24)(H,23,25). The molecule has 0 fully saturated rings. The number of ether oxygens (including phenoxy) is 1. The third-order valence-electron chi connectivity index (χ3n) is 3.74. The molecule has 0 saturated carbocycles. The summed E-state index contributed by atoms with van der Waals surface area (Å²) in [6.07, 6.45) is 0.891. The molecule has 0 bridgehead atoms. The van der Waals surface area contributed by atoms with Crippen molar-refractivity contribution in [2.24, 2.45) is 0 Å².